The van der Waals surface area contributed by atoms with E-state index in [2.05, 4.69) is 10.9 Å². The quantitative estimate of drug-likeness (QED) is 0.419. The summed E-state index contributed by atoms with van der Waals surface area (Å²) in [6, 6.07) is 0. The van der Waals surface area contributed by atoms with Gasteiger partial charge in [0.15, 0.2) is 0 Å². The minimum Gasteiger partial charge on any atom is -0.256 e. The van der Waals surface area contributed by atoms with E-state index in [1.807, 2.05) is 6.54 Å². The van der Waals surface area contributed by atoms with Crippen molar-refractivity contribution in [2.75, 3.05) is 6.54 Å². The summed E-state index contributed by atoms with van der Waals surface area (Å²) < 4.78 is 0. The summed E-state index contributed by atoms with van der Waals surface area (Å²) in [6.45, 7) is 2.64. The number of hydrogen-bond acceptors (Lipinski definition) is 2. The standard InChI is InChI=1S/C3H6ClN2/c4-3-1-5-6-2-3/h1,3,5-6H,2H2. The van der Waals surface area contributed by atoms with Crippen LogP contribution in [0.5, 0.6) is 0 Å². The first-order chi connectivity index (χ1) is 2.89. The van der Waals surface area contributed by atoms with Crippen molar-refractivity contribution in [1.29, 1.82) is 0 Å². The van der Waals surface area contributed by atoms with Gasteiger partial charge in [-0.25, -0.2) is 0 Å². The highest BCUT2D eigenvalue weighted by Gasteiger charge is 2.08. The van der Waals surface area contributed by atoms with Gasteiger partial charge in [-0.15, -0.1) is 11.6 Å². The molecule has 0 bridgehead atoms. The molecule has 1 radical (unpaired) electrons. The third-order valence-corrected chi connectivity index (χ3v) is 0.944. The zero-order valence-corrected chi connectivity index (χ0v) is 4.00. The van der Waals surface area contributed by atoms with Gasteiger partial charge in [-0.3, -0.25) is 10.9 Å². The Bertz CT molecular complexity index is 42.1. The number of hydrogen-bond donors (Lipinski definition) is 2. The Kier molecular flexibility index (Phi) is 1.29. The van der Waals surface area contributed by atoms with E-state index in [1.165, 1.54) is 0 Å². The molecule has 0 aromatic rings. The maximum absolute atomic E-state index is 5.53. The van der Waals surface area contributed by atoms with Gasteiger partial charge < -0.3 is 0 Å². The molecule has 1 aliphatic rings. The van der Waals surface area contributed by atoms with E-state index in [0.717, 1.165) is 6.54 Å². The van der Waals surface area contributed by atoms with E-state index in [1.54, 1.807) is 0 Å². The third-order valence-electron chi connectivity index (χ3n) is 0.663. The Balaban J connectivity index is 2.18. The largest absolute Gasteiger partial charge is 0.256 e. The molecule has 6 heavy (non-hydrogen) atoms. The highest BCUT2D eigenvalue weighted by molar-refractivity contribution is 6.21. The van der Waals surface area contributed by atoms with Crippen molar-refractivity contribution < 1.29 is 0 Å². The Morgan fingerprint density at radius 1 is 1.83 bits per heavy atom. The summed E-state index contributed by atoms with van der Waals surface area (Å²) >= 11 is 5.53. The summed E-state index contributed by atoms with van der Waals surface area (Å²) in [7, 11) is 0. The van der Waals surface area contributed by atoms with E-state index in [9.17, 15) is 0 Å². The van der Waals surface area contributed by atoms with Crippen LogP contribution in [-0.2, 0) is 0 Å². The monoisotopic (exact) mass is 105 g/mol. The van der Waals surface area contributed by atoms with Gasteiger partial charge in [0.05, 0.1) is 11.9 Å². The second-order valence-corrected chi connectivity index (χ2v) is 1.77. The smallest absolute Gasteiger partial charge is 0.0657 e. The van der Waals surface area contributed by atoms with Crippen molar-refractivity contribution in [3.8, 4) is 0 Å². The summed E-state index contributed by atoms with van der Waals surface area (Å²) in [5.74, 6) is 0. The van der Waals surface area contributed by atoms with Crippen molar-refractivity contribution in [3.63, 3.8) is 0 Å². The molecule has 0 amide bonds. The Morgan fingerprint density at radius 3 is 2.83 bits per heavy atom. The van der Waals surface area contributed by atoms with Crippen LogP contribution in [-0.4, -0.2) is 11.9 Å². The molecule has 1 unspecified atom stereocenters. The van der Waals surface area contributed by atoms with Crippen LogP contribution >= 0.6 is 11.6 Å². The third kappa shape index (κ3) is 0.834. The van der Waals surface area contributed by atoms with Gasteiger partial charge in [-0.05, 0) is 0 Å². The summed E-state index contributed by atoms with van der Waals surface area (Å²) in [5.41, 5.74) is 5.60. The lowest BCUT2D eigenvalue weighted by molar-refractivity contribution is 0.719. The van der Waals surface area contributed by atoms with E-state index in [-0.39, 0.29) is 5.38 Å². The molecule has 0 aliphatic carbocycles. The van der Waals surface area contributed by atoms with Gasteiger partial charge in [0.1, 0.15) is 0 Å². The summed E-state index contributed by atoms with van der Waals surface area (Å²) in [6.07, 6.45) is 0. The van der Waals surface area contributed by atoms with E-state index >= 15 is 0 Å². The predicted molar refractivity (Wildman–Crippen MR) is 25.1 cm³/mol. The Morgan fingerprint density at radius 2 is 2.67 bits per heavy atom. The molecule has 0 aromatic carbocycles. The van der Waals surface area contributed by atoms with Crippen molar-refractivity contribution in [1.82, 2.24) is 10.9 Å². The molecule has 1 rings (SSSR count). The molecule has 1 fully saturated rings. The Hall–Kier alpha value is 0.210. The molecular weight excluding hydrogens is 99.5 g/mol. The van der Waals surface area contributed by atoms with E-state index in [4.69, 9.17) is 11.6 Å². The number of nitrogens with one attached hydrogen (secondary N) is 2. The molecule has 0 aromatic heterocycles. The topological polar surface area (TPSA) is 24.1 Å². The van der Waals surface area contributed by atoms with Crippen LogP contribution in [0.1, 0.15) is 0 Å². The summed E-state index contributed by atoms with van der Waals surface area (Å²) in [5, 5.41) is 0.171. The van der Waals surface area contributed by atoms with Crippen LogP contribution < -0.4 is 10.9 Å². The van der Waals surface area contributed by atoms with Crippen LogP contribution in [0.4, 0.5) is 0 Å². The number of halogens is 1. The van der Waals surface area contributed by atoms with E-state index in [0.29, 0.717) is 0 Å². The highest BCUT2D eigenvalue weighted by atomic mass is 35.5. The molecular formula is C3H6ClN2. The Labute approximate surface area is 41.8 Å². The first kappa shape index (κ1) is 4.37. The maximum Gasteiger partial charge on any atom is 0.0657 e. The fourth-order valence-electron chi connectivity index (χ4n) is 0.365. The van der Waals surface area contributed by atoms with Gasteiger partial charge >= 0.3 is 0 Å². The van der Waals surface area contributed by atoms with Crippen LogP contribution in [0.2, 0.25) is 0 Å². The minimum absolute atomic E-state index is 0.171. The fourth-order valence-corrected chi connectivity index (χ4v) is 0.505. The van der Waals surface area contributed by atoms with Gasteiger partial charge in [-0.2, -0.15) is 0 Å². The molecule has 35 valence electrons. The van der Waals surface area contributed by atoms with E-state index < -0.39 is 0 Å². The average molecular weight is 106 g/mol. The number of rotatable bonds is 0. The van der Waals surface area contributed by atoms with Crippen LogP contribution in [0.15, 0.2) is 0 Å². The minimum atomic E-state index is 0.171. The molecule has 2 nitrogen and oxygen atoms in total. The van der Waals surface area contributed by atoms with Gasteiger partial charge in [0.25, 0.3) is 0 Å². The lowest BCUT2D eigenvalue weighted by atomic mass is 10.5. The van der Waals surface area contributed by atoms with Crippen LogP contribution in [0.25, 0.3) is 0 Å². The lowest BCUT2D eigenvalue weighted by Gasteiger charge is -1.84. The molecule has 0 saturated carbocycles. The van der Waals surface area contributed by atoms with Crippen LogP contribution in [0.3, 0.4) is 0 Å². The van der Waals surface area contributed by atoms with Crippen molar-refractivity contribution in [3.05, 3.63) is 6.54 Å². The maximum atomic E-state index is 5.53. The molecule has 0 spiro atoms. The van der Waals surface area contributed by atoms with Crippen LogP contribution in [0, 0.1) is 6.54 Å². The highest BCUT2D eigenvalue weighted by Crippen LogP contribution is 1.98. The number of hydrazine groups is 1. The first-order valence-electron chi connectivity index (χ1n) is 1.85. The van der Waals surface area contributed by atoms with Crippen molar-refractivity contribution in [2.24, 2.45) is 0 Å². The molecule has 1 atom stereocenters. The fraction of sp³-hybridized carbons (Fsp3) is 0.667. The normalized spacial score (nSPS) is 25.5. The number of alkyl halides is 1. The SMILES string of the molecule is ClC1[CH]NNC1. The average Bonchev–Trinajstić information content (AvgIpc) is 1.86. The summed E-state index contributed by atoms with van der Waals surface area (Å²) in [4.78, 5) is 0. The second-order valence-electron chi connectivity index (χ2n) is 1.21. The zero-order chi connectivity index (χ0) is 4.41. The molecule has 3 heteroatoms. The molecule has 2 N–H and O–H groups in total. The molecule has 1 heterocycles. The van der Waals surface area contributed by atoms with Gasteiger partial charge in [-0.1, -0.05) is 0 Å². The first-order valence-corrected chi connectivity index (χ1v) is 2.29. The van der Waals surface area contributed by atoms with Crippen molar-refractivity contribution in [2.45, 2.75) is 5.38 Å². The van der Waals surface area contributed by atoms with Gasteiger partial charge in [0, 0.05) is 6.54 Å². The van der Waals surface area contributed by atoms with Crippen molar-refractivity contribution >= 4 is 11.6 Å². The molecule has 1 aliphatic heterocycles. The zero-order valence-electron chi connectivity index (χ0n) is 3.24. The predicted octanol–water partition coefficient (Wildman–Crippen LogP) is -0.137. The molecule has 1 saturated heterocycles. The van der Waals surface area contributed by atoms with Gasteiger partial charge in [0.2, 0.25) is 0 Å². The lowest BCUT2D eigenvalue weighted by Crippen LogP contribution is -2.19. The second kappa shape index (κ2) is 1.78.